The van der Waals surface area contributed by atoms with Crippen LogP contribution in [0.15, 0.2) is 77.5 Å². The molecule has 1 amide bonds. The van der Waals surface area contributed by atoms with Gasteiger partial charge in [-0.2, -0.15) is 5.10 Å². The largest absolute Gasteiger partial charge is 0.496 e. The first-order chi connectivity index (χ1) is 13.2. The van der Waals surface area contributed by atoms with E-state index in [1.54, 1.807) is 24.3 Å². The first kappa shape index (κ1) is 18.9. The number of benzene rings is 2. The van der Waals surface area contributed by atoms with Gasteiger partial charge in [-0.3, -0.25) is 9.69 Å². The molecule has 3 rings (SSSR count). The van der Waals surface area contributed by atoms with Crippen LogP contribution in [0, 0.1) is 0 Å². The highest BCUT2D eigenvalue weighted by molar-refractivity contribution is 8.15. The van der Waals surface area contributed by atoms with Crippen molar-refractivity contribution in [2.24, 2.45) is 10.2 Å². The van der Waals surface area contributed by atoms with Crippen LogP contribution in [-0.2, 0) is 11.2 Å². The van der Waals surface area contributed by atoms with Crippen molar-refractivity contribution in [1.82, 2.24) is 4.90 Å². The molecule has 0 aliphatic carbocycles. The van der Waals surface area contributed by atoms with Gasteiger partial charge in [-0.25, -0.2) is 0 Å². The summed E-state index contributed by atoms with van der Waals surface area (Å²) in [7, 11) is 1.62. The lowest BCUT2D eigenvalue weighted by molar-refractivity contribution is -0.125. The average molecular weight is 379 g/mol. The second kappa shape index (κ2) is 9.19. The van der Waals surface area contributed by atoms with Crippen molar-refractivity contribution in [3.8, 4) is 5.75 Å². The summed E-state index contributed by atoms with van der Waals surface area (Å²) in [5.41, 5.74) is 1.95. The van der Waals surface area contributed by atoms with Gasteiger partial charge in [0.2, 0.25) is 5.91 Å². The normalized spacial score (nSPS) is 18.4. The Morgan fingerprint density at radius 1 is 1.19 bits per heavy atom. The van der Waals surface area contributed by atoms with Crippen LogP contribution in [0.25, 0.3) is 0 Å². The molecule has 1 saturated heterocycles. The number of rotatable bonds is 7. The maximum atomic E-state index is 12.7. The van der Waals surface area contributed by atoms with Crippen LogP contribution < -0.4 is 4.74 Å². The molecule has 2 aromatic carbocycles. The number of amides is 1. The third kappa shape index (κ3) is 4.65. The monoisotopic (exact) mass is 379 g/mol. The van der Waals surface area contributed by atoms with E-state index in [1.165, 1.54) is 11.8 Å². The number of hydrogen-bond donors (Lipinski definition) is 0. The lowest BCUT2D eigenvalue weighted by Gasteiger charge is -2.12. The number of para-hydroxylation sites is 1. The minimum Gasteiger partial charge on any atom is -0.496 e. The Bertz CT molecular complexity index is 865. The number of ether oxygens (including phenoxy) is 1. The van der Waals surface area contributed by atoms with Crippen molar-refractivity contribution in [2.45, 2.75) is 11.7 Å². The second-order valence-electron chi connectivity index (χ2n) is 5.90. The summed E-state index contributed by atoms with van der Waals surface area (Å²) in [4.78, 5) is 14.4. The van der Waals surface area contributed by atoms with Gasteiger partial charge in [-0.05, 0) is 24.1 Å². The molecule has 0 aromatic heterocycles. The lowest BCUT2D eigenvalue weighted by atomic mass is 10.1. The first-order valence-electron chi connectivity index (χ1n) is 8.60. The number of carbonyl (C=O) groups is 1. The number of amidine groups is 1. The molecule has 27 heavy (non-hydrogen) atoms. The maximum Gasteiger partial charge on any atom is 0.242 e. The Morgan fingerprint density at radius 2 is 1.93 bits per heavy atom. The van der Waals surface area contributed by atoms with Gasteiger partial charge in [0.1, 0.15) is 5.75 Å². The molecular weight excluding hydrogens is 358 g/mol. The van der Waals surface area contributed by atoms with E-state index in [1.807, 2.05) is 54.6 Å². The van der Waals surface area contributed by atoms with Gasteiger partial charge in [-0.15, -0.1) is 11.7 Å². The molecule has 0 unspecified atom stereocenters. The number of methoxy groups -OCH3 is 1. The molecule has 138 valence electrons. The van der Waals surface area contributed by atoms with E-state index in [9.17, 15) is 4.79 Å². The van der Waals surface area contributed by atoms with Crippen LogP contribution in [0.1, 0.15) is 11.1 Å². The highest BCUT2D eigenvalue weighted by Crippen LogP contribution is 2.30. The molecule has 2 aromatic rings. The molecule has 0 saturated carbocycles. The SMILES string of the molecule is C=CCN1C(=O)[C@H](Cc2ccccc2)S/C1=N\N=C/c1ccccc1OC. The van der Waals surface area contributed by atoms with Gasteiger partial charge >= 0.3 is 0 Å². The smallest absolute Gasteiger partial charge is 0.242 e. The van der Waals surface area contributed by atoms with E-state index >= 15 is 0 Å². The topological polar surface area (TPSA) is 54.3 Å². The summed E-state index contributed by atoms with van der Waals surface area (Å²) in [6, 6.07) is 17.6. The molecule has 5 nitrogen and oxygen atoms in total. The zero-order valence-electron chi connectivity index (χ0n) is 15.1. The Hall–Kier alpha value is -2.86. The fraction of sp³-hybridized carbons (Fsp3) is 0.190. The van der Waals surface area contributed by atoms with Crippen LogP contribution in [0.4, 0.5) is 0 Å². The number of nitrogens with zero attached hydrogens (tertiary/aromatic N) is 3. The molecular formula is C21H21N3O2S. The van der Waals surface area contributed by atoms with E-state index in [-0.39, 0.29) is 11.2 Å². The highest BCUT2D eigenvalue weighted by atomic mass is 32.2. The van der Waals surface area contributed by atoms with E-state index < -0.39 is 0 Å². The molecule has 6 heteroatoms. The van der Waals surface area contributed by atoms with Crippen LogP contribution in [-0.4, -0.2) is 41.1 Å². The average Bonchev–Trinajstić information content (AvgIpc) is 2.98. The van der Waals surface area contributed by atoms with E-state index in [0.29, 0.717) is 18.1 Å². The minimum atomic E-state index is -0.201. The summed E-state index contributed by atoms with van der Waals surface area (Å²) < 4.78 is 5.31. The molecule has 1 aliphatic rings. The summed E-state index contributed by atoms with van der Waals surface area (Å²) in [5.74, 6) is 0.761. The molecule has 1 heterocycles. The predicted molar refractivity (Wildman–Crippen MR) is 111 cm³/mol. The Kier molecular flexibility index (Phi) is 6.44. The summed E-state index contributed by atoms with van der Waals surface area (Å²) >= 11 is 1.44. The zero-order chi connectivity index (χ0) is 19.1. The van der Waals surface area contributed by atoms with Gasteiger partial charge in [-0.1, -0.05) is 60.3 Å². The molecule has 1 atom stereocenters. The van der Waals surface area contributed by atoms with Crippen molar-refractivity contribution >= 4 is 29.1 Å². The van der Waals surface area contributed by atoms with E-state index in [4.69, 9.17) is 4.74 Å². The van der Waals surface area contributed by atoms with Crippen molar-refractivity contribution in [2.75, 3.05) is 13.7 Å². The highest BCUT2D eigenvalue weighted by Gasteiger charge is 2.37. The van der Waals surface area contributed by atoms with Crippen LogP contribution in [0.2, 0.25) is 0 Å². The molecule has 0 radical (unpaired) electrons. The molecule has 0 bridgehead atoms. The van der Waals surface area contributed by atoms with Crippen LogP contribution >= 0.6 is 11.8 Å². The van der Waals surface area contributed by atoms with Crippen molar-refractivity contribution in [3.63, 3.8) is 0 Å². The number of hydrogen-bond acceptors (Lipinski definition) is 5. The van der Waals surface area contributed by atoms with Gasteiger partial charge in [0.05, 0.1) is 18.6 Å². The Morgan fingerprint density at radius 3 is 2.67 bits per heavy atom. The van der Waals surface area contributed by atoms with E-state index in [2.05, 4.69) is 16.8 Å². The Balaban J connectivity index is 1.78. The fourth-order valence-corrected chi connectivity index (χ4v) is 3.90. The van der Waals surface area contributed by atoms with E-state index in [0.717, 1.165) is 16.9 Å². The van der Waals surface area contributed by atoms with Gasteiger partial charge < -0.3 is 4.74 Å². The van der Waals surface area contributed by atoms with Gasteiger partial charge in [0, 0.05) is 12.1 Å². The minimum absolute atomic E-state index is 0.0370. The fourth-order valence-electron chi connectivity index (χ4n) is 2.75. The molecule has 1 fully saturated rings. The summed E-state index contributed by atoms with van der Waals surface area (Å²) in [5, 5.41) is 8.85. The number of carbonyl (C=O) groups excluding carboxylic acids is 1. The second-order valence-corrected chi connectivity index (χ2v) is 7.07. The predicted octanol–water partition coefficient (Wildman–Crippen LogP) is 3.76. The maximum absolute atomic E-state index is 12.7. The van der Waals surface area contributed by atoms with Crippen LogP contribution in [0.3, 0.4) is 0 Å². The van der Waals surface area contributed by atoms with Crippen molar-refractivity contribution in [3.05, 3.63) is 78.4 Å². The Labute approximate surface area is 163 Å². The third-order valence-corrected chi connectivity index (χ3v) is 5.24. The van der Waals surface area contributed by atoms with Crippen molar-refractivity contribution in [1.29, 1.82) is 0 Å². The molecule has 0 spiro atoms. The summed E-state index contributed by atoms with van der Waals surface area (Å²) in [6.45, 7) is 4.16. The molecule has 0 N–H and O–H groups in total. The van der Waals surface area contributed by atoms with Gasteiger partial charge in [0.15, 0.2) is 5.17 Å². The van der Waals surface area contributed by atoms with Crippen LogP contribution in [0.5, 0.6) is 5.75 Å². The lowest BCUT2D eigenvalue weighted by Crippen LogP contribution is -2.32. The molecule has 1 aliphatic heterocycles. The quantitative estimate of drug-likeness (QED) is 0.418. The van der Waals surface area contributed by atoms with Crippen molar-refractivity contribution < 1.29 is 9.53 Å². The van der Waals surface area contributed by atoms with Gasteiger partial charge in [0.25, 0.3) is 0 Å². The summed E-state index contributed by atoms with van der Waals surface area (Å²) in [6.07, 6.45) is 3.99. The number of thioether (sulfide) groups is 1. The first-order valence-corrected chi connectivity index (χ1v) is 9.47. The standard InChI is InChI=1S/C21H21N3O2S/c1-3-13-24-20(25)19(14-16-9-5-4-6-10-16)27-21(24)23-22-15-17-11-7-8-12-18(17)26-2/h3-12,15,19H,1,13-14H2,2H3/b22-15-,23-21-/t19-/m0/s1. The third-order valence-electron chi connectivity index (χ3n) is 4.07. The zero-order valence-corrected chi connectivity index (χ0v) is 15.9.